The fourth-order valence-corrected chi connectivity index (χ4v) is 2.98. The Balaban J connectivity index is 1.95. The molecule has 2 rings (SSSR count). The van der Waals surface area contributed by atoms with Crippen LogP contribution in [0.4, 0.5) is 5.69 Å². The highest BCUT2D eigenvalue weighted by atomic mass is 79.9. The molecule has 2 aromatic rings. The van der Waals surface area contributed by atoms with Crippen molar-refractivity contribution in [3.05, 3.63) is 58.1 Å². The molecule has 5 nitrogen and oxygen atoms in total. The number of benzene rings is 2. The minimum atomic E-state index is -0.120. The maximum Gasteiger partial charge on any atom is 0.224 e. The van der Waals surface area contributed by atoms with Gasteiger partial charge in [-0.05, 0) is 58.2 Å². The molecule has 0 spiro atoms. The summed E-state index contributed by atoms with van der Waals surface area (Å²) in [6.45, 7) is 3.40. The summed E-state index contributed by atoms with van der Waals surface area (Å²) in [6, 6.07) is 12.8. The van der Waals surface area contributed by atoms with Gasteiger partial charge in [-0.25, -0.2) is 0 Å². The minimum Gasteiger partial charge on any atom is -0.496 e. The number of hydrogen-bond donors (Lipinski definition) is 2. The van der Waals surface area contributed by atoms with Crippen molar-refractivity contribution in [3.8, 4) is 5.75 Å². The first-order valence-corrected chi connectivity index (χ1v) is 8.67. The van der Waals surface area contributed by atoms with Gasteiger partial charge in [-0.2, -0.15) is 0 Å². The highest BCUT2D eigenvalue weighted by Crippen LogP contribution is 2.28. The van der Waals surface area contributed by atoms with Gasteiger partial charge in [0, 0.05) is 12.6 Å². The highest BCUT2D eigenvalue weighted by Gasteiger charge is 2.12. The second kappa shape index (κ2) is 8.67. The lowest BCUT2D eigenvalue weighted by Gasteiger charge is -2.16. The molecule has 0 bridgehead atoms. The number of hydrogen-bond acceptors (Lipinski definition) is 3. The van der Waals surface area contributed by atoms with E-state index in [0.29, 0.717) is 5.69 Å². The van der Waals surface area contributed by atoms with E-state index in [0.717, 1.165) is 21.3 Å². The second-order valence-electron chi connectivity index (χ2n) is 5.74. The van der Waals surface area contributed by atoms with E-state index in [2.05, 4.69) is 26.6 Å². The summed E-state index contributed by atoms with van der Waals surface area (Å²) in [7, 11) is 1.61. The fraction of sp³-hybridized carbons (Fsp3) is 0.263. The van der Waals surface area contributed by atoms with E-state index >= 15 is 0 Å². The minimum absolute atomic E-state index is 0.0632. The third-order valence-electron chi connectivity index (χ3n) is 3.69. The Hall–Kier alpha value is -2.34. The number of anilines is 1. The molecule has 0 fully saturated rings. The topological polar surface area (TPSA) is 67.4 Å². The van der Waals surface area contributed by atoms with Crippen molar-refractivity contribution in [2.75, 3.05) is 12.4 Å². The molecule has 132 valence electrons. The highest BCUT2D eigenvalue weighted by molar-refractivity contribution is 9.10. The second-order valence-corrected chi connectivity index (χ2v) is 6.59. The maximum absolute atomic E-state index is 12.2. The van der Waals surface area contributed by atoms with E-state index in [9.17, 15) is 9.59 Å². The molecular weight excluding hydrogens is 384 g/mol. The van der Waals surface area contributed by atoms with Gasteiger partial charge in [0.15, 0.2) is 0 Å². The number of rotatable bonds is 6. The molecule has 0 saturated heterocycles. The van der Waals surface area contributed by atoms with Crippen molar-refractivity contribution >= 4 is 33.4 Å². The van der Waals surface area contributed by atoms with Gasteiger partial charge in [0.2, 0.25) is 11.8 Å². The Morgan fingerprint density at radius 2 is 1.84 bits per heavy atom. The van der Waals surface area contributed by atoms with Crippen LogP contribution in [0.1, 0.15) is 31.0 Å². The van der Waals surface area contributed by atoms with Crippen molar-refractivity contribution in [2.24, 2.45) is 0 Å². The molecule has 1 atom stereocenters. The van der Waals surface area contributed by atoms with Crippen molar-refractivity contribution < 1.29 is 14.3 Å². The van der Waals surface area contributed by atoms with Crippen LogP contribution < -0.4 is 15.4 Å². The van der Waals surface area contributed by atoms with Crippen LogP contribution >= 0.6 is 15.9 Å². The van der Waals surface area contributed by atoms with Gasteiger partial charge in [-0.3, -0.25) is 9.59 Å². The number of nitrogens with one attached hydrogen (secondary N) is 2. The van der Waals surface area contributed by atoms with Crippen LogP contribution in [0.5, 0.6) is 5.75 Å². The van der Waals surface area contributed by atoms with Gasteiger partial charge >= 0.3 is 0 Å². The van der Waals surface area contributed by atoms with Gasteiger partial charge in [0.25, 0.3) is 0 Å². The molecule has 0 aliphatic heterocycles. The molecule has 2 amide bonds. The van der Waals surface area contributed by atoms with Gasteiger partial charge in [0.1, 0.15) is 5.75 Å². The SMILES string of the molecule is COc1ccc([C@H](C)NC(=O)Cc2ccc(NC(C)=O)cc2)cc1Br. The first-order chi connectivity index (χ1) is 11.9. The zero-order valence-electron chi connectivity index (χ0n) is 14.4. The number of carbonyl (C=O) groups excluding carboxylic acids is 2. The van der Waals surface area contributed by atoms with Crippen LogP contribution in [-0.4, -0.2) is 18.9 Å². The monoisotopic (exact) mass is 404 g/mol. The zero-order chi connectivity index (χ0) is 18.4. The number of halogens is 1. The predicted molar refractivity (Wildman–Crippen MR) is 102 cm³/mol. The Kier molecular flexibility index (Phi) is 6.58. The maximum atomic E-state index is 12.2. The lowest BCUT2D eigenvalue weighted by molar-refractivity contribution is -0.121. The summed E-state index contributed by atoms with van der Waals surface area (Å²) in [6.07, 6.45) is 0.280. The molecule has 0 saturated carbocycles. The average molecular weight is 405 g/mol. The number of carbonyl (C=O) groups is 2. The molecule has 0 aromatic heterocycles. The van der Waals surface area contributed by atoms with Crippen LogP contribution in [0.3, 0.4) is 0 Å². The summed E-state index contributed by atoms with van der Waals surface area (Å²) in [5, 5.41) is 5.69. The molecule has 0 unspecified atom stereocenters. The quantitative estimate of drug-likeness (QED) is 0.768. The average Bonchev–Trinajstić information content (AvgIpc) is 2.56. The Morgan fingerprint density at radius 1 is 1.16 bits per heavy atom. The van der Waals surface area contributed by atoms with E-state index < -0.39 is 0 Å². The van der Waals surface area contributed by atoms with Crippen LogP contribution in [-0.2, 0) is 16.0 Å². The summed E-state index contributed by atoms with van der Waals surface area (Å²) in [5.74, 6) is 0.568. The lowest BCUT2D eigenvalue weighted by atomic mass is 10.1. The van der Waals surface area contributed by atoms with E-state index in [1.165, 1.54) is 6.92 Å². The third kappa shape index (κ3) is 5.60. The lowest BCUT2D eigenvalue weighted by Crippen LogP contribution is -2.28. The molecule has 0 radical (unpaired) electrons. The standard InChI is InChI=1S/C19H21BrN2O3/c1-12(15-6-9-18(25-3)17(20)11-15)21-19(24)10-14-4-7-16(8-5-14)22-13(2)23/h4-9,11-12H,10H2,1-3H3,(H,21,24)(H,22,23)/t12-/m0/s1. The Bertz CT molecular complexity index is 760. The van der Waals surface area contributed by atoms with Crippen LogP contribution in [0.25, 0.3) is 0 Å². The number of ether oxygens (including phenoxy) is 1. The van der Waals surface area contributed by atoms with Crippen molar-refractivity contribution in [1.82, 2.24) is 5.32 Å². The third-order valence-corrected chi connectivity index (χ3v) is 4.31. The first-order valence-electron chi connectivity index (χ1n) is 7.88. The molecule has 0 heterocycles. The molecule has 0 aliphatic rings. The van der Waals surface area contributed by atoms with Gasteiger partial charge in [-0.15, -0.1) is 0 Å². The molecule has 2 N–H and O–H groups in total. The van der Waals surface area contributed by atoms with Crippen molar-refractivity contribution in [1.29, 1.82) is 0 Å². The number of methoxy groups -OCH3 is 1. The zero-order valence-corrected chi connectivity index (χ0v) is 16.0. The van der Waals surface area contributed by atoms with Gasteiger partial charge in [0.05, 0.1) is 24.0 Å². The largest absolute Gasteiger partial charge is 0.496 e. The van der Waals surface area contributed by atoms with Crippen molar-refractivity contribution in [3.63, 3.8) is 0 Å². The van der Waals surface area contributed by atoms with Gasteiger partial charge in [-0.1, -0.05) is 18.2 Å². The summed E-state index contributed by atoms with van der Waals surface area (Å²) in [5.41, 5.74) is 2.59. The summed E-state index contributed by atoms with van der Waals surface area (Å²) < 4.78 is 6.06. The smallest absolute Gasteiger partial charge is 0.224 e. The van der Waals surface area contributed by atoms with Crippen LogP contribution in [0.15, 0.2) is 46.9 Å². The first kappa shape index (κ1) is 19.0. The normalized spacial score (nSPS) is 11.5. The van der Waals surface area contributed by atoms with E-state index in [1.807, 2.05) is 37.3 Å². The van der Waals surface area contributed by atoms with Gasteiger partial charge < -0.3 is 15.4 Å². The molecule has 0 aliphatic carbocycles. The summed E-state index contributed by atoms with van der Waals surface area (Å²) >= 11 is 3.45. The van der Waals surface area contributed by atoms with E-state index in [-0.39, 0.29) is 24.3 Å². The van der Waals surface area contributed by atoms with E-state index in [1.54, 1.807) is 19.2 Å². The van der Waals surface area contributed by atoms with Crippen LogP contribution in [0, 0.1) is 0 Å². The number of amides is 2. The van der Waals surface area contributed by atoms with E-state index in [4.69, 9.17) is 4.74 Å². The predicted octanol–water partition coefficient (Wildman–Crippen LogP) is 3.84. The molecule has 25 heavy (non-hydrogen) atoms. The molecule has 2 aromatic carbocycles. The molecule has 6 heteroatoms. The Morgan fingerprint density at radius 3 is 2.40 bits per heavy atom. The Labute approximate surface area is 155 Å². The van der Waals surface area contributed by atoms with Crippen LogP contribution in [0.2, 0.25) is 0 Å². The fourth-order valence-electron chi connectivity index (χ4n) is 2.42. The van der Waals surface area contributed by atoms with Crippen molar-refractivity contribution in [2.45, 2.75) is 26.3 Å². The summed E-state index contributed by atoms with van der Waals surface area (Å²) in [4.78, 5) is 23.3. The molecular formula is C19H21BrN2O3.